The lowest BCUT2D eigenvalue weighted by Crippen LogP contribution is -2.19. The van der Waals surface area contributed by atoms with Gasteiger partial charge in [0.25, 0.3) is 11.8 Å². The lowest BCUT2D eigenvalue weighted by atomic mass is 10.0. The Bertz CT molecular complexity index is 1490. The highest BCUT2D eigenvalue weighted by molar-refractivity contribution is 9.10. The fourth-order valence-electron chi connectivity index (χ4n) is 3.42. The van der Waals surface area contributed by atoms with E-state index in [-0.39, 0.29) is 39.3 Å². The summed E-state index contributed by atoms with van der Waals surface area (Å²) in [6.45, 7) is 0. The number of aromatic nitrogens is 2. The first-order valence-electron chi connectivity index (χ1n) is 10.6. The molecule has 2 amide bonds. The van der Waals surface area contributed by atoms with Crippen molar-refractivity contribution in [3.8, 4) is 22.8 Å². The zero-order valence-corrected chi connectivity index (χ0v) is 21.8. The molecule has 0 unspecified atom stereocenters. The summed E-state index contributed by atoms with van der Waals surface area (Å²) in [6.07, 6.45) is 1.33. The first-order valence-corrected chi connectivity index (χ1v) is 12.3. The third kappa shape index (κ3) is 5.60. The summed E-state index contributed by atoms with van der Waals surface area (Å²) in [5.74, 6) is -2.19. The number of carboxylic acid groups (broad SMARTS) is 1. The van der Waals surface area contributed by atoms with Gasteiger partial charge in [0.1, 0.15) is 16.3 Å². The summed E-state index contributed by atoms with van der Waals surface area (Å²) < 4.78 is 11.3. The van der Waals surface area contributed by atoms with Crippen molar-refractivity contribution in [2.45, 2.75) is 0 Å². The molecule has 0 radical (unpaired) electrons. The molecular formula is C25H19BrN4O6S. The number of aromatic carboxylic acids is 1. The molecule has 0 bridgehead atoms. The summed E-state index contributed by atoms with van der Waals surface area (Å²) in [5.41, 5.74) is 1.23. The molecule has 4 rings (SSSR count). The van der Waals surface area contributed by atoms with E-state index in [2.05, 4.69) is 36.5 Å². The molecule has 3 heterocycles. The summed E-state index contributed by atoms with van der Waals surface area (Å²) >= 11 is 4.43. The standard InChI is InChI=1S/C25H19BrN4O6S/c1-35-18-5-3-4-17(28-18)22(31)29-16-10-11-27-20(21(16)36-2)23(32)30-24-19(25(33)34)15(12-37-24)13-6-8-14(26)9-7-13/h3-12H,1-2H3,(H,30,32)(H,33,34)(H,27,29,31). The number of anilines is 2. The molecule has 0 saturated heterocycles. The summed E-state index contributed by atoms with van der Waals surface area (Å²) in [6, 6.07) is 13.3. The van der Waals surface area contributed by atoms with Crippen molar-refractivity contribution in [1.29, 1.82) is 0 Å². The molecule has 3 aromatic heterocycles. The first-order chi connectivity index (χ1) is 17.8. The highest BCUT2D eigenvalue weighted by Gasteiger charge is 2.25. The number of benzene rings is 1. The van der Waals surface area contributed by atoms with E-state index in [4.69, 9.17) is 9.47 Å². The van der Waals surface area contributed by atoms with E-state index in [1.165, 1.54) is 32.5 Å². The van der Waals surface area contributed by atoms with Gasteiger partial charge in [0.05, 0.1) is 19.9 Å². The minimum absolute atomic E-state index is 0.00203. The number of hydrogen-bond donors (Lipinski definition) is 3. The Morgan fingerprint density at radius 3 is 2.41 bits per heavy atom. The smallest absolute Gasteiger partial charge is 0.339 e. The van der Waals surface area contributed by atoms with Crippen LogP contribution in [0.4, 0.5) is 10.7 Å². The number of methoxy groups -OCH3 is 2. The number of carboxylic acids is 1. The van der Waals surface area contributed by atoms with Gasteiger partial charge in [0.15, 0.2) is 11.4 Å². The predicted octanol–water partition coefficient (Wildman–Crippen LogP) is 5.19. The van der Waals surface area contributed by atoms with Crippen molar-refractivity contribution in [1.82, 2.24) is 9.97 Å². The number of thiophene rings is 1. The lowest BCUT2D eigenvalue weighted by molar-refractivity contribution is 0.0699. The van der Waals surface area contributed by atoms with Crippen molar-refractivity contribution in [2.75, 3.05) is 24.9 Å². The van der Waals surface area contributed by atoms with Crippen LogP contribution in [0.25, 0.3) is 11.1 Å². The van der Waals surface area contributed by atoms with Gasteiger partial charge in [0.2, 0.25) is 5.88 Å². The summed E-state index contributed by atoms with van der Waals surface area (Å²) in [5, 5.41) is 16.9. The Hall–Kier alpha value is -4.29. The molecular weight excluding hydrogens is 564 g/mol. The zero-order valence-electron chi connectivity index (χ0n) is 19.4. The number of halogens is 1. The van der Waals surface area contributed by atoms with Crippen molar-refractivity contribution >= 4 is 55.7 Å². The van der Waals surface area contributed by atoms with E-state index < -0.39 is 17.8 Å². The predicted molar refractivity (Wildman–Crippen MR) is 142 cm³/mol. The largest absolute Gasteiger partial charge is 0.492 e. The fourth-order valence-corrected chi connectivity index (χ4v) is 4.64. The monoisotopic (exact) mass is 582 g/mol. The maximum Gasteiger partial charge on any atom is 0.339 e. The quantitative estimate of drug-likeness (QED) is 0.258. The number of hydrogen-bond acceptors (Lipinski definition) is 8. The van der Waals surface area contributed by atoms with E-state index in [9.17, 15) is 19.5 Å². The van der Waals surface area contributed by atoms with Crippen LogP contribution < -0.4 is 20.1 Å². The van der Waals surface area contributed by atoms with Crippen molar-refractivity contribution < 1.29 is 29.0 Å². The molecule has 188 valence electrons. The second-order valence-electron chi connectivity index (χ2n) is 7.38. The van der Waals surface area contributed by atoms with Gasteiger partial charge in [-0.3, -0.25) is 9.59 Å². The minimum atomic E-state index is -1.19. The van der Waals surface area contributed by atoms with Gasteiger partial charge < -0.3 is 25.2 Å². The molecule has 10 nitrogen and oxygen atoms in total. The van der Waals surface area contributed by atoms with Gasteiger partial charge in [-0.2, -0.15) is 0 Å². The molecule has 1 aromatic carbocycles. The van der Waals surface area contributed by atoms with Crippen LogP contribution in [0.1, 0.15) is 31.3 Å². The third-order valence-corrected chi connectivity index (χ3v) is 6.55. The van der Waals surface area contributed by atoms with E-state index >= 15 is 0 Å². The Balaban J connectivity index is 1.62. The molecule has 0 fully saturated rings. The lowest BCUT2D eigenvalue weighted by Gasteiger charge is -2.13. The molecule has 4 aromatic rings. The average molecular weight is 583 g/mol. The van der Waals surface area contributed by atoms with Gasteiger partial charge in [-0.05, 0) is 29.8 Å². The van der Waals surface area contributed by atoms with Crippen molar-refractivity contribution in [3.63, 3.8) is 0 Å². The summed E-state index contributed by atoms with van der Waals surface area (Å²) in [4.78, 5) is 46.2. The Kier molecular flexibility index (Phi) is 7.80. The number of rotatable bonds is 8. The first kappa shape index (κ1) is 25.8. The normalized spacial score (nSPS) is 10.5. The number of carbonyl (C=O) groups is 3. The second kappa shape index (κ2) is 11.2. The fraction of sp³-hybridized carbons (Fsp3) is 0.0800. The molecule has 12 heteroatoms. The van der Waals surface area contributed by atoms with E-state index in [0.29, 0.717) is 11.1 Å². The number of ether oxygens (including phenoxy) is 2. The van der Waals surface area contributed by atoms with Crippen molar-refractivity contribution in [2.24, 2.45) is 0 Å². The van der Waals surface area contributed by atoms with Gasteiger partial charge >= 0.3 is 5.97 Å². The van der Waals surface area contributed by atoms with Crippen LogP contribution in [-0.2, 0) is 0 Å². The van der Waals surface area contributed by atoms with Crippen LogP contribution in [0.3, 0.4) is 0 Å². The number of nitrogens with one attached hydrogen (secondary N) is 2. The van der Waals surface area contributed by atoms with Gasteiger partial charge in [0, 0.05) is 27.7 Å². The Morgan fingerprint density at radius 2 is 1.73 bits per heavy atom. The van der Waals surface area contributed by atoms with E-state index in [1.54, 1.807) is 41.8 Å². The molecule has 0 saturated carbocycles. The number of carbonyl (C=O) groups excluding carboxylic acids is 2. The number of pyridine rings is 2. The van der Waals surface area contributed by atoms with Crippen LogP contribution in [0, 0.1) is 0 Å². The van der Waals surface area contributed by atoms with Gasteiger partial charge in [-0.25, -0.2) is 14.8 Å². The number of amides is 2. The number of nitrogens with zero attached hydrogens (tertiary/aromatic N) is 2. The Morgan fingerprint density at radius 1 is 0.973 bits per heavy atom. The van der Waals surface area contributed by atoms with Crippen LogP contribution in [0.15, 0.2) is 64.6 Å². The van der Waals surface area contributed by atoms with E-state index in [0.717, 1.165) is 15.8 Å². The maximum absolute atomic E-state index is 13.2. The topological polar surface area (TPSA) is 140 Å². The molecule has 0 aliphatic heterocycles. The highest BCUT2D eigenvalue weighted by Crippen LogP contribution is 2.37. The van der Waals surface area contributed by atoms with Gasteiger partial charge in [-0.1, -0.05) is 34.1 Å². The van der Waals surface area contributed by atoms with Crippen LogP contribution in [-0.4, -0.2) is 47.1 Å². The maximum atomic E-state index is 13.2. The highest BCUT2D eigenvalue weighted by atomic mass is 79.9. The van der Waals surface area contributed by atoms with Crippen molar-refractivity contribution in [3.05, 3.63) is 81.5 Å². The van der Waals surface area contributed by atoms with Gasteiger partial charge in [-0.15, -0.1) is 11.3 Å². The van der Waals surface area contributed by atoms with Crippen LogP contribution in [0.2, 0.25) is 0 Å². The molecule has 0 aliphatic carbocycles. The van der Waals surface area contributed by atoms with Crippen LogP contribution >= 0.6 is 27.3 Å². The molecule has 0 aliphatic rings. The molecule has 0 spiro atoms. The Labute approximate surface area is 223 Å². The molecule has 0 atom stereocenters. The average Bonchev–Trinajstić information content (AvgIpc) is 3.32. The third-order valence-electron chi connectivity index (χ3n) is 5.12. The molecule has 3 N–H and O–H groups in total. The minimum Gasteiger partial charge on any atom is -0.492 e. The van der Waals surface area contributed by atoms with E-state index in [1.807, 2.05) is 0 Å². The molecule has 37 heavy (non-hydrogen) atoms. The van der Waals surface area contributed by atoms with Crippen LogP contribution in [0.5, 0.6) is 11.6 Å². The summed E-state index contributed by atoms with van der Waals surface area (Å²) in [7, 11) is 2.76. The second-order valence-corrected chi connectivity index (χ2v) is 9.17. The SMILES string of the molecule is COc1cccc(C(=O)Nc2ccnc(C(=O)Nc3scc(-c4ccc(Br)cc4)c3C(=O)O)c2OC)n1. The zero-order chi connectivity index (χ0) is 26.5.